The van der Waals surface area contributed by atoms with E-state index in [0.29, 0.717) is 13.1 Å². The fourth-order valence-electron chi connectivity index (χ4n) is 4.92. The van der Waals surface area contributed by atoms with Crippen LogP contribution in [0.15, 0.2) is 54.6 Å². The van der Waals surface area contributed by atoms with Crippen LogP contribution < -0.4 is 16.0 Å². The number of carbonyl (C=O) groups is 3. The van der Waals surface area contributed by atoms with E-state index in [2.05, 4.69) is 22.9 Å². The number of hydrogen-bond acceptors (Lipinski definition) is 5. The van der Waals surface area contributed by atoms with E-state index in [-0.39, 0.29) is 18.2 Å². The van der Waals surface area contributed by atoms with Gasteiger partial charge in [-0.15, -0.1) is 11.8 Å². The van der Waals surface area contributed by atoms with Crippen molar-refractivity contribution in [1.82, 2.24) is 20.9 Å². The van der Waals surface area contributed by atoms with Crippen LogP contribution >= 0.6 is 11.8 Å². The van der Waals surface area contributed by atoms with Gasteiger partial charge in [0.25, 0.3) is 5.91 Å². The molecule has 0 radical (unpaired) electrons. The molecule has 0 bridgehead atoms. The average Bonchev–Trinajstić information content (AvgIpc) is 3.26. The zero-order valence-electron chi connectivity index (χ0n) is 24.1. The first-order valence-electron chi connectivity index (χ1n) is 14.2. The Kier molecular flexibility index (Phi) is 11.9. The molecule has 1 aliphatic rings. The van der Waals surface area contributed by atoms with Crippen molar-refractivity contribution in [3.63, 3.8) is 0 Å². The topological polar surface area (TPSA) is 111 Å². The molecular weight excluding hydrogens is 524 g/mol. The summed E-state index contributed by atoms with van der Waals surface area (Å²) in [5, 5.41) is 20.0. The SMILES string of the molecule is CCCCCCNC(=O)N[C@@H](Cc1ccccc1)[C@H](O)C(=O)N1CSC(C)(C)[C@H]1C(=O)NCc1ccccc1C. The number of hydrogen-bond donors (Lipinski definition) is 4. The maximum absolute atomic E-state index is 13.7. The Morgan fingerprint density at radius 1 is 1.02 bits per heavy atom. The number of urea groups is 1. The molecule has 3 rings (SSSR count). The molecule has 9 heteroatoms. The fraction of sp³-hybridized carbons (Fsp3) is 0.516. The van der Waals surface area contributed by atoms with Gasteiger partial charge in [0.1, 0.15) is 6.04 Å². The van der Waals surface area contributed by atoms with Crippen molar-refractivity contribution < 1.29 is 19.5 Å². The summed E-state index contributed by atoms with van der Waals surface area (Å²) < 4.78 is -0.552. The molecule has 0 saturated carbocycles. The third kappa shape index (κ3) is 8.73. The molecule has 2 aromatic rings. The molecule has 3 atom stereocenters. The molecule has 0 unspecified atom stereocenters. The van der Waals surface area contributed by atoms with E-state index < -0.39 is 34.9 Å². The van der Waals surface area contributed by atoms with Crippen LogP contribution in [0.1, 0.15) is 63.1 Å². The molecule has 8 nitrogen and oxygen atoms in total. The summed E-state index contributed by atoms with van der Waals surface area (Å²) in [5.41, 5.74) is 2.96. The van der Waals surface area contributed by atoms with Gasteiger partial charge in [-0.05, 0) is 50.3 Å². The van der Waals surface area contributed by atoms with E-state index in [1.807, 2.05) is 75.4 Å². The summed E-state index contributed by atoms with van der Waals surface area (Å²) in [5.74, 6) is -0.568. The molecule has 4 amide bonds. The van der Waals surface area contributed by atoms with E-state index in [4.69, 9.17) is 0 Å². The third-order valence-corrected chi connectivity index (χ3v) is 8.73. The van der Waals surface area contributed by atoms with Crippen LogP contribution in [0.3, 0.4) is 0 Å². The first-order valence-corrected chi connectivity index (χ1v) is 15.2. The number of thioether (sulfide) groups is 1. The van der Waals surface area contributed by atoms with E-state index in [1.165, 1.54) is 16.7 Å². The van der Waals surface area contributed by atoms with E-state index in [9.17, 15) is 19.5 Å². The van der Waals surface area contributed by atoms with Crippen molar-refractivity contribution in [3.05, 3.63) is 71.3 Å². The van der Waals surface area contributed by atoms with Gasteiger partial charge in [0.15, 0.2) is 6.10 Å². The molecule has 2 aromatic carbocycles. The molecule has 1 aliphatic heterocycles. The smallest absolute Gasteiger partial charge is 0.315 e. The highest BCUT2D eigenvalue weighted by Crippen LogP contribution is 2.40. The van der Waals surface area contributed by atoms with Crippen LogP contribution in [0.4, 0.5) is 4.79 Å². The standard InChI is InChI=1S/C31H44N4O4S/c1-5-6-7-13-18-32-30(39)34-25(19-23-15-9-8-10-16-23)26(36)29(38)35-21-40-31(3,4)27(35)28(37)33-20-24-17-12-11-14-22(24)2/h8-12,14-17,25-27,36H,5-7,13,18-21H2,1-4H3,(H,33,37)(H2,32,34,39)/t25-,26-,27+/m0/s1. The summed E-state index contributed by atoms with van der Waals surface area (Å²) in [6, 6.07) is 15.2. The predicted molar refractivity (Wildman–Crippen MR) is 161 cm³/mol. The van der Waals surface area contributed by atoms with Crippen LogP contribution in [0.2, 0.25) is 0 Å². The lowest BCUT2D eigenvalue weighted by atomic mass is 9.97. The van der Waals surface area contributed by atoms with Crippen molar-refractivity contribution >= 4 is 29.6 Å². The largest absolute Gasteiger partial charge is 0.381 e. The lowest BCUT2D eigenvalue weighted by Gasteiger charge is -2.33. The maximum atomic E-state index is 13.7. The van der Waals surface area contributed by atoms with Gasteiger partial charge in [0.05, 0.1) is 11.9 Å². The molecule has 0 aliphatic carbocycles. The number of rotatable bonds is 13. The van der Waals surface area contributed by atoms with Crippen molar-refractivity contribution in [3.8, 4) is 0 Å². The Labute approximate surface area is 242 Å². The molecular formula is C31H44N4O4S. The lowest BCUT2D eigenvalue weighted by molar-refractivity contribution is -0.147. The number of nitrogens with zero attached hydrogens (tertiary/aromatic N) is 1. The summed E-state index contributed by atoms with van der Waals surface area (Å²) in [6.45, 7) is 8.86. The number of aliphatic hydroxyl groups is 1. The Morgan fingerprint density at radius 2 is 1.73 bits per heavy atom. The van der Waals surface area contributed by atoms with Gasteiger partial charge in [-0.2, -0.15) is 0 Å². The minimum atomic E-state index is -1.52. The second-order valence-electron chi connectivity index (χ2n) is 10.9. The molecule has 40 heavy (non-hydrogen) atoms. The van der Waals surface area contributed by atoms with Gasteiger partial charge in [0.2, 0.25) is 5.91 Å². The van der Waals surface area contributed by atoms with Crippen LogP contribution in [0, 0.1) is 6.92 Å². The van der Waals surface area contributed by atoms with Gasteiger partial charge >= 0.3 is 6.03 Å². The number of carbonyl (C=O) groups excluding carboxylic acids is 3. The van der Waals surface area contributed by atoms with Crippen LogP contribution in [0.5, 0.6) is 0 Å². The number of benzene rings is 2. The average molecular weight is 569 g/mol. The Hall–Kier alpha value is -3.04. The molecule has 0 spiro atoms. The highest BCUT2D eigenvalue weighted by molar-refractivity contribution is 8.00. The quantitative estimate of drug-likeness (QED) is 0.272. The van der Waals surface area contributed by atoms with Crippen molar-refractivity contribution in [2.75, 3.05) is 12.4 Å². The van der Waals surface area contributed by atoms with Crippen molar-refractivity contribution in [2.45, 2.75) is 89.3 Å². The predicted octanol–water partition coefficient (Wildman–Crippen LogP) is 4.14. The van der Waals surface area contributed by atoms with E-state index in [0.717, 1.165) is 42.4 Å². The van der Waals surface area contributed by atoms with Crippen molar-refractivity contribution in [1.29, 1.82) is 0 Å². The molecule has 1 saturated heterocycles. The number of nitrogens with one attached hydrogen (secondary N) is 3. The van der Waals surface area contributed by atoms with Crippen LogP contribution in [-0.4, -0.2) is 63.2 Å². The van der Waals surface area contributed by atoms with Crippen molar-refractivity contribution in [2.24, 2.45) is 0 Å². The molecule has 218 valence electrons. The van der Waals surface area contributed by atoms with Gasteiger partial charge < -0.3 is 26.0 Å². The fourth-order valence-corrected chi connectivity index (χ4v) is 6.07. The minimum Gasteiger partial charge on any atom is -0.381 e. The lowest BCUT2D eigenvalue weighted by Crippen LogP contribution is -2.59. The van der Waals surface area contributed by atoms with Gasteiger partial charge in [-0.1, -0.05) is 80.8 Å². The second-order valence-corrected chi connectivity index (χ2v) is 12.5. The Morgan fingerprint density at radius 3 is 2.42 bits per heavy atom. The Balaban J connectivity index is 1.72. The molecule has 1 fully saturated rings. The van der Waals surface area contributed by atoms with E-state index >= 15 is 0 Å². The number of amides is 4. The zero-order chi connectivity index (χ0) is 29.1. The third-order valence-electron chi connectivity index (χ3n) is 7.36. The highest BCUT2D eigenvalue weighted by Gasteiger charge is 2.49. The summed E-state index contributed by atoms with van der Waals surface area (Å²) in [6.07, 6.45) is 2.86. The van der Waals surface area contributed by atoms with Gasteiger partial charge in [-0.3, -0.25) is 9.59 Å². The molecule has 4 N–H and O–H groups in total. The van der Waals surface area contributed by atoms with Gasteiger partial charge in [-0.25, -0.2) is 4.79 Å². The van der Waals surface area contributed by atoms with Crippen LogP contribution in [-0.2, 0) is 22.6 Å². The number of aliphatic hydroxyl groups excluding tert-OH is 1. The van der Waals surface area contributed by atoms with E-state index in [1.54, 1.807) is 0 Å². The highest BCUT2D eigenvalue weighted by atomic mass is 32.2. The summed E-state index contributed by atoms with van der Waals surface area (Å²) in [4.78, 5) is 41.3. The monoisotopic (exact) mass is 568 g/mol. The minimum absolute atomic E-state index is 0.267. The zero-order valence-corrected chi connectivity index (χ0v) is 24.9. The Bertz CT molecular complexity index is 1130. The molecule has 0 aromatic heterocycles. The normalized spacial score (nSPS) is 17.6. The first kappa shape index (κ1) is 31.5. The van der Waals surface area contributed by atoms with Gasteiger partial charge in [0, 0.05) is 17.8 Å². The second kappa shape index (κ2) is 15.1. The number of unbranched alkanes of at least 4 members (excludes halogenated alkanes) is 3. The maximum Gasteiger partial charge on any atom is 0.315 e. The molecule has 1 heterocycles. The summed E-state index contributed by atoms with van der Waals surface area (Å²) >= 11 is 1.50. The van der Waals surface area contributed by atoms with Crippen LogP contribution in [0.25, 0.3) is 0 Å². The first-order chi connectivity index (χ1) is 19.1. The number of aryl methyl sites for hydroxylation is 1. The summed E-state index contributed by atoms with van der Waals surface area (Å²) in [7, 11) is 0.